The largest absolute Gasteiger partial charge is 0.491 e. The van der Waals surface area contributed by atoms with Crippen molar-refractivity contribution < 1.29 is 19.1 Å². The molecule has 1 aliphatic rings. The van der Waals surface area contributed by atoms with Gasteiger partial charge < -0.3 is 19.7 Å². The Labute approximate surface area is 151 Å². The van der Waals surface area contributed by atoms with Crippen LogP contribution in [-0.2, 0) is 16.1 Å². The van der Waals surface area contributed by atoms with E-state index >= 15 is 0 Å². The summed E-state index contributed by atoms with van der Waals surface area (Å²) in [6, 6.07) is 7.22. The first-order valence-corrected chi connectivity index (χ1v) is 8.33. The Bertz CT molecular complexity index is 822. The van der Waals surface area contributed by atoms with Crippen molar-refractivity contribution in [3.8, 4) is 5.75 Å². The van der Waals surface area contributed by atoms with Crippen LogP contribution in [0.5, 0.6) is 5.75 Å². The molecule has 2 aromatic rings. The molecule has 0 aliphatic carbocycles. The Hall–Kier alpha value is -2.93. The molecular formula is C19H21N3O4. The van der Waals surface area contributed by atoms with Crippen LogP contribution >= 0.6 is 0 Å². The number of hydrogen-bond acceptors (Lipinski definition) is 5. The van der Waals surface area contributed by atoms with Gasteiger partial charge in [0.2, 0.25) is 5.91 Å². The maximum absolute atomic E-state index is 12.9. The van der Waals surface area contributed by atoms with Gasteiger partial charge in [-0.3, -0.25) is 14.6 Å². The smallest absolute Gasteiger partial charge is 0.256 e. The van der Waals surface area contributed by atoms with E-state index in [2.05, 4.69) is 10.3 Å². The van der Waals surface area contributed by atoms with Gasteiger partial charge in [-0.1, -0.05) is 0 Å². The van der Waals surface area contributed by atoms with Gasteiger partial charge in [0.05, 0.1) is 12.1 Å². The van der Waals surface area contributed by atoms with E-state index in [-0.39, 0.29) is 18.4 Å². The molecule has 0 atom stereocenters. The molecule has 3 rings (SSSR count). The standard InChI is InChI=1S/C19H21N3O4/c1-13-5-6-20-10-16(13)19(24)22-7-8-26-17-4-3-15(9-14(17)11-22)21-18(23)12-25-2/h3-6,9-10H,7-8,11-12H2,1-2H3,(H,21,23). The average Bonchev–Trinajstić information content (AvgIpc) is 2.83. The normalized spacial score (nSPS) is 13.4. The maximum Gasteiger partial charge on any atom is 0.256 e. The lowest BCUT2D eigenvalue weighted by atomic mass is 10.1. The van der Waals surface area contributed by atoms with Crippen molar-refractivity contribution in [1.82, 2.24) is 9.88 Å². The second-order valence-corrected chi connectivity index (χ2v) is 6.07. The number of benzene rings is 1. The molecule has 7 heteroatoms. The number of methoxy groups -OCH3 is 1. The topological polar surface area (TPSA) is 80.8 Å². The number of carbonyl (C=O) groups excluding carboxylic acids is 2. The molecule has 26 heavy (non-hydrogen) atoms. The van der Waals surface area contributed by atoms with E-state index < -0.39 is 0 Å². The molecule has 1 aromatic carbocycles. The zero-order valence-electron chi connectivity index (χ0n) is 14.8. The molecule has 0 fully saturated rings. The van der Waals surface area contributed by atoms with Crippen LogP contribution in [0.2, 0.25) is 0 Å². The number of rotatable bonds is 4. The second kappa shape index (κ2) is 7.97. The van der Waals surface area contributed by atoms with E-state index in [1.165, 1.54) is 7.11 Å². The van der Waals surface area contributed by atoms with Crippen molar-refractivity contribution >= 4 is 17.5 Å². The first kappa shape index (κ1) is 17.9. The first-order valence-electron chi connectivity index (χ1n) is 8.33. The minimum absolute atomic E-state index is 0.0154. The maximum atomic E-state index is 12.9. The predicted octanol–water partition coefficient (Wildman–Crippen LogP) is 2.01. The highest BCUT2D eigenvalue weighted by molar-refractivity contribution is 5.95. The van der Waals surface area contributed by atoms with Crippen molar-refractivity contribution in [2.24, 2.45) is 0 Å². The van der Waals surface area contributed by atoms with Crippen LogP contribution in [0.15, 0.2) is 36.7 Å². The molecule has 136 valence electrons. The van der Waals surface area contributed by atoms with Crippen LogP contribution < -0.4 is 10.1 Å². The molecule has 1 aromatic heterocycles. The summed E-state index contributed by atoms with van der Waals surface area (Å²) < 4.78 is 10.6. The molecule has 0 spiro atoms. The molecule has 7 nitrogen and oxygen atoms in total. The SMILES string of the molecule is COCC(=O)Nc1ccc2c(c1)CN(C(=O)c1cnccc1C)CCO2. The van der Waals surface area contributed by atoms with Gasteiger partial charge in [-0.2, -0.15) is 0 Å². The molecular weight excluding hydrogens is 334 g/mol. The number of nitrogens with one attached hydrogen (secondary N) is 1. The molecule has 0 saturated carbocycles. The van der Waals surface area contributed by atoms with Gasteiger partial charge in [0, 0.05) is 37.3 Å². The molecule has 0 saturated heterocycles. The summed E-state index contributed by atoms with van der Waals surface area (Å²) in [6.07, 6.45) is 3.26. The van der Waals surface area contributed by atoms with Crippen LogP contribution in [0.25, 0.3) is 0 Å². The monoisotopic (exact) mass is 355 g/mol. The van der Waals surface area contributed by atoms with Crippen LogP contribution in [0.4, 0.5) is 5.69 Å². The van der Waals surface area contributed by atoms with Crippen molar-refractivity contribution in [3.63, 3.8) is 0 Å². The molecule has 0 unspecified atom stereocenters. The van der Waals surface area contributed by atoms with Gasteiger partial charge in [-0.25, -0.2) is 0 Å². The van der Waals surface area contributed by atoms with Crippen LogP contribution in [-0.4, -0.2) is 48.6 Å². The van der Waals surface area contributed by atoms with Gasteiger partial charge in [-0.15, -0.1) is 0 Å². The number of nitrogens with zero attached hydrogens (tertiary/aromatic N) is 2. The zero-order valence-corrected chi connectivity index (χ0v) is 14.8. The summed E-state index contributed by atoms with van der Waals surface area (Å²) in [5, 5.41) is 2.77. The summed E-state index contributed by atoms with van der Waals surface area (Å²) in [4.78, 5) is 30.4. The number of anilines is 1. The second-order valence-electron chi connectivity index (χ2n) is 6.07. The lowest BCUT2D eigenvalue weighted by molar-refractivity contribution is -0.119. The number of amides is 2. The fraction of sp³-hybridized carbons (Fsp3) is 0.316. The summed E-state index contributed by atoms with van der Waals surface area (Å²) in [7, 11) is 1.47. The van der Waals surface area contributed by atoms with E-state index in [9.17, 15) is 9.59 Å². The number of pyridine rings is 1. The lowest BCUT2D eigenvalue weighted by Crippen LogP contribution is -2.33. The Balaban J connectivity index is 1.81. The number of aromatic nitrogens is 1. The van der Waals surface area contributed by atoms with Crippen molar-refractivity contribution in [3.05, 3.63) is 53.3 Å². The highest BCUT2D eigenvalue weighted by Crippen LogP contribution is 2.27. The van der Waals surface area contributed by atoms with Crippen molar-refractivity contribution in [2.45, 2.75) is 13.5 Å². The summed E-state index contributed by atoms with van der Waals surface area (Å²) in [6.45, 7) is 3.16. The van der Waals surface area contributed by atoms with E-state index in [1.54, 1.807) is 29.4 Å². The van der Waals surface area contributed by atoms with E-state index in [1.807, 2.05) is 19.1 Å². The zero-order chi connectivity index (χ0) is 18.5. The fourth-order valence-electron chi connectivity index (χ4n) is 2.83. The van der Waals surface area contributed by atoms with Gasteiger partial charge in [0.15, 0.2) is 0 Å². The fourth-order valence-corrected chi connectivity index (χ4v) is 2.83. The van der Waals surface area contributed by atoms with Gasteiger partial charge in [0.1, 0.15) is 19.0 Å². The Kier molecular flexibility index (Phi) is 5.48. The number of aryl methyl sites for hydroxylation is 1. The highest BCUT2D eigenvalue weighted by atomic mass is 16.5. The summed E-state index contributed by atoms with van der Waals surface area (Å²) >= 11 is 0. The van der Waals surface area contributed by atoms with Crippen LogP contribution in [0.3, 0.4) is 0 Å². The lowest BCUT2D eigenvalue weighted by Gasteiger charge is -2.20. The quantitative estimate of drug-likeness (QED) is 0.907. The Morgan fingerprint density at radius 1 is 1.35 bits per heavy atom. The van der Waals surface area contributed by atoms with Gasteiger partial charge >= 0.3 is 0 Å². The third kappa shape index (κ3) is 4.00. The molecule has 0 radical (unpaired) electrons. The first-order chi connectivity index (χ1) is 12.6. The molecule has 2 amide bonds. The number of fused-ring (bicyclic) bond motifs is 1. The molecule has 1 N–H and O–H groups in total. The Morgan fingerprint density at radius 2 is 2.19 bits per heavy atom. The Morgan fingerprint density at radius 3 is 2.96 bits per heavy atom. The molecule has 2 heterocycles. The minimum Gasteiger partial charge on any atom is -0.491 e. The molecule has 0 bridgehead atoms. The molecule has 1 aliphatic heterocycles. The number of carbonyl (C=O) groups is 2. The summed E-state index contributed by atoms with van der Waals surface area (Å²) in [5.41, 5.74) is 2.95. The van der Waals surface area contributed by atoms with Crippen molar-refractivity contribution in [2.75, 3.05) is 32.2 Å². The van der Waals surface area contributed by atoms with Gasteiger partial charge in [0.25, 0.3) is 5.91 Å². The minimum atomic E-state index is -0.235. The van der Waals surface area contributed by atoms with E-state index in [4.69, 9.17) is 9.47 Å². The third-order valence-electron chi connectivity index (χ3n) is 4.16. The third-order valence-corrected chi connectivity index (χ3v) is 4.16. The van der Waals surface area contributed by atoms with E-state index in [0.717, 1.165) is 11.1 Å². The van der Waals surface area contributed by atoms with Crippen LogP contribution in [0, 0.1) is 6.92 Å². The number of ether oxygens (including phenoxy) is 2. The van der Waals surface area contributed by atoms with Crippen molar-refractivity contribution in [1.29, 1.82) is 0 Å². The number of hydrogen-bond donors (Lipinski definition) is 1. The van der Waals surface area contributed by atoms with Gasteiger partial charge in [-0.05, 0) is 36.8 Å². The highest BCUT2D eigenvalue weighted by Gasteiger charge is 2.22. The van der Waals surface area contributed by atoms with E-state index in [0.29, 0.717) is 36.7 Å². The van der Waals surface area contributed by atoms with Crippen LogP contribution in [0.1, 0.15) is 21.5 Å². The average molecular weight is 355 g/mol. The summed E-state index contributed by atoms with van der Waals surface area (Å²) in [5.74, 6) is 0.398. The predicted molar refractivity (Wildman–Crippen MR) is 96.2 cm³/mol.